The summed E-state index contributed by atoms with van der Waals surface area (Å²) in [6.07, 6.45) is 9.99. The van der Waals surface area contributed by atoms with Crippen molar-refractivity contribution in [3.63, 3.8) is 0 Å². The van der Waals surface area contributed by atoms with Gasteiger partial charge in [0.2, 0.25) is 5.91 Å². The predicted octanol–water partition coefficient (Wildman–Crippen LogP) is 4.58. The van der Waals surface area contributed by atoms with Crippen LogP contribution in [0.5, 0.6) is 5.75 Å². The molecule has 2 aromatic rings. The van der Waals surface area contributed by atoms with E-state index in [1.54, 1.807) is 7.11 Å². The highest BCUT2D eigenvalue weighted by molar-refractivity contribution is 5.83. The minimum atomic E-state index is 0.349. The minimum absolute atomic E-state index is 0.349. The van der Waals surface area contributed by atoms with Gasteiger partial charge in [0, 0.05) is 36.8 Å². The second-order valence-electron chi connectivity index (χ2n) is 9.19. The summed E-state index contributed by atoms with van der Waals surface area (Å²) in [6.45, 7) is 1.78. The first-order valence-electron chi connectivity index (χ1n) is 11.0. The molecule has 2 heterocycles. The molecule has 4 heteroatoms. The average Bonchev–Trinajstić information content (AvgIpc) is 3.51. The van der Waals surface area contributed by atoms with Crippen LogP contribution in [0.2, 0.25) is 0 Å². The van der Waals surface area contributed by atoms with Crippen LogP contribution in [0.25, 0.3) is 0 Å². The van der Waals surface area contributed by atoms with Crippen LogP contribution in [0.15, 0.2) is 42.6 Å². The Kier molecular flexibility index (Phi) is 4.81. The smallest absolute Gasteiger partial charge is 0.226 e. The van der Waals surface area contributed by atoms with Crippen LogP contribution in [-0.2, 0) is 11.2 Å². The number of ether oxygens (including phenoxy) is 1. The van der Waals surface area contributed by atoms with Gasteiger partial charge >= 0.3 is 0 Å². The summed E-state index contributed by atoms with van der Waals surface area (Å²) in [5.41, 5.74) is 4.06. The van der Waals surface area contributed by atoms with Gasteiger partial charge in [-0.25, -0.2) is 0 Å². The van der Waals surface area contributed by atoms with Crippen LogP contribution in [0, 0.1) is 11.3 Å². The molecule has 1 aromatic carbocycles. The maximum atomic E-state index is 12.8. The van der Waals surface area contributed by atoms with Crippen LogP contribution >= 0.6 is 0 Å². The molecule has 3 fully saturated rings. The molecule has 1 atom stereocenters. The number of hydrogen-bond acceptors (Lipinski definition) is 3. The lowest BCUT2D eigenvalue weighted by Crippen LogP contribution is -2.40. The zero-order chi connectivity index (χ0) is 19.8. The van der Waals surface area contributed by atoms with Crippen LogP contribution in [0.4, 0.5) is 0 Å². The van der Waals surface area contributed by atoms with Crippen molar-refractivity contribution in [3.8, 4) is 5.75 Å². The van der Waals surface area contributed by atoms with Gasteiger partial charge in [-0.15, -0.1) is 0 Å². The lowest BCUT2D eigenvalue weighted by atomic mass is 9.79. The van der Waals surface area contributed by atoms with Crippen molar-refractivity contribution in [3.05, 3.63) is 59.4 Å². The first-order chi connectivity index (χ1) is 14.2. The summed E-state index contributed by atoms with van der Waals surface area (Å²) < 4.78 is 5.31. The molecule has 2 aliphatic carbocycles. The molecule has 0 bridgehead atoms. The molecule has 29 heavy (non-hydrogen) atoms. The largest absolute Gasteiger partial charge is 0.497 e. The van der Waals surface area contributed by atoms with Gasteiger partial charge in [0.05, 0.1) is 7.11 Å². The van der Waals surface area contributed by atoms with E-state index in [0.717, 1.165) is 44.5 Å². The van der Waals surface area contributed by atoms with Gasteiger partial charge in [-0.3, -0.25) is 9.78 Å². The van der Waals surface area contributed by atoms with Gasteiger partial charge in [-0.2, -0.15) is 0 Å². The van der Waals surface area contributed by atoms with Gasteiger partial charge in [0.15, 0.2) is 0 Å². The molecule has 1 amide bonds. The number of rotatable bonds is 5. The number of hydrogen-bond donors (Lipinski definition) is 0. The molecule has 0 unspecified atom stereocenters. The molecule has 4 nitrogen and oxygen atoms in total. The Labute approximate surface area is 173 Å². The standard InChI is InChI=1S/C25H30N2O2/c1-29-21-5-2-4-18(15-21)14-19-6-7-23(26-17-19)20-8-12-27(13-9-20)24(28)22-16-25(22)10-3-11-25/h2,4-7,15,17,20,22H,3,8-14,16H2,1H3/t22-/m0/s1. The summed E-state index contributed by atoms with van der Waals surface area (Å²) >= 11 is 0. The molecule has 1 saturated heterocycles. The molecule has 1 spiro atoms. The fourth-order valence-corrected chi connectivity index (χ4v) is 5.30. The third kappa shape index (κ3) is 3.65. The van der Waals surface area contributed by atoms with Crippen LogP contribution in [-0.4, -0.2) is 36.0 Å². The lowest BCUT2D eigenvalue weighted by Gasteiger charge is -2.34. The van der Waals surface area contributed by atoms with Gasteiger partial charge in [0.1, 0.15) is 5.75 Å². The number of methoxy groups -OCH3 is 1. The molecular weight excluding hydrogens is 360 g/mol. The van der Waals surface area contributed by atoms with E-state index in [2.05, 4.69) is 29.2 Å². The summed E-state index contributed by atoms with van der Waals surface area (Å²) in [6, 6.07) is 12.6. The third-order valence-corrected chi connectivity index (χ3v) is 7.45. The fourth-order valence-electron chi connectivity index (χ4n) is 5.30. The highest BCUT2D eigenvalue weighted by atomic mass is 16.5. The Balaban J connectivity index is 1.15. The topological polar surface area (TPSA) is 42.4 Å². The molecule has 3 aliphatic rings. The number of carbonyl (C=O) groups is 1. The van der Waals surface area contributed by atoms with E-state index < -0.39 is 0 Å². The van der Waals surface area contributed by atoms with Crippen molar-refractivity contribution >= 4 is 5.91 Å². The number of benzene rings is 1. The van der Waals surface area contributed by atoms with E-state index in [4.69, 9.17) is 9.72 Å². The number of carbonyl (C=O) groups excluding carboxylic acids is 1. The number of pyridine rings is 1. The van der Waals surface area contributed by atoms with E-state index >= 15 is 0 Å². The second-order valence-corrected chi connectivity index (χ2v) is 9.19. The average molecular weight is 391 g/mol. The normalized spacial score (nSPS) is 22.9. The monoisotopic (exact) mass is 390 g/mol. The Hall–Kier alpha value is -2.36. The summed E-state index contributed by atoms with van der Waals surface area (Å²) in [7, 11) is 1.70. The van der Waals surface area contributed by atoms with E-state index in [1.807, 2.05) is 18.3 Å². The van der Waals surface area contributed by atoms with Gasteiger partial charge < -0.3 is 9.64 Å². The molecule has 5 rings (SSSR count). The summed E-state index contributed by atoms with van der Waals surface area (Å²) in [5, 5.41) is 0. The zero-order valence-electron chi connectivity index (χ0n) is 17.3. The predicted molar refractivity (Wildman–Crippen MR) is 113 cm³/mol. The lowest BCUT2D eigenvalue weighted by molar-refractivity contribution is -0.135. The van der Waals surface area contributed by atoms with E-state index in [0.29, 0.717) is 23.2 Å². The molecule has 1 aliphatic heterocycles. The van der Waals surface area contributed by atoms with Crippen molar-refractivity contribution in [2.45, 2.75) is 50.9 Å². The Bertz CT molecular complexity index is 880. The SMILES string of the molecule is COc1cccc(Cc2ccc(C3CCN(C(=O)[C@@H]4CC45CCC5)CC3)nc2)c1. The molecule has 0 radical (unpaired) electrons. The van der Waals surface area contributed by atoms with Crippen LogP contribution in [0.1, 0.15) is 61.3 Å². The van der Waals surface area contributed by atoms with E-state index in [1.165, 1.54) is 36.1 Å². The molecule has 0 N–H and O–H groups in total. The van der Waals surface area contributed by atoms with Crippen molar-refractivity contribution in [1.82, 2.24) is 9.88 Å². The number of aromatic nitrogens is 1. The number of amides is 1. The highest BCUT2D eigenvalue weighted by Crippen LogP contribution is 2.66. The molecule has 1 aromatic heterocycles. The maximum absolute atomic E-state index is 12.8. The van der Waals surface area contributed by atoms with Crippen molar-refractivity contribution in [2.75, 3.05) is 20.2 Å². The van der Waals surface area contributed by atoms with Crippen LogP contribution < -0.4 is 4.74 Å². The Morgan fingerprint density at radius 3 is 2.62 bits per heavy atom. The molecule has 2 saturated carbocycles. The number of piperidine rings is 1. The highest BCUT2D eigenvalue weighted by Gasteiger charge is 2.61. The minimum Gasteiger partial charge on any atom is -0.497 e. The number of likely N-dealkylation sites (tertiary alicyclic amines) is 1. The van der Waals surface area contributed by atoms with E-state index in [9.17, 15) is 4.79 Å². The third-order valence-electron chi connectivity index (χ3n) is 7.45. The Morgan fingerprint density at radius 2 is 2.00 bits per heavy atom. The van der Waals surface area contributed by atoms with Crippen molar-refractivity contribution in [1.29, 1.82) is 0 Å². The number of nitrogens with zero attached hydrogens (tertiary/aromatic N) is 2. The van der Waals surface area contributed by atoms with Gasteiger partial charge in [0.25, 0.3) is 0 Å². The van der Waals surface area contributed by atoms with Gasteiger partial charge in [-0.05, 0) is 73.3 Å². The first kappa shape index (κ1) is 18.7. The van der Waals surface area contributed by atoms with Crippen molar-refractivity contribution in [2.24, 2.45) is 11.3 Å². The molecular formula is C25H30N2O2. The Morgan fingerprint density at radius 1 is 1.17 bits per heavy atom. The van der Waals surface area contributed by atoms with Gasteiger partial charge in [-0.1, -0.05) is 24.6 Å². The quantitative estimate of drug-likeness (QED) is 0.751. The zero-order valence-corrected chi connectivity index (χ0v) is 17.3. The van der Waals surface area contributed by atoms with Crippen molar-refractivity contribution < 1.29 is 9.53 Å². The maximum Gasteiger partial charge on any atom is 0.226 e. The summed E-state index contributed by atoms with van der Waals surface area (Å²) in [5.74, 6) is 2.15. The second kappa shape index (κ2) is 7.47. The fraction of sp³-hybridized carbons (Fsp3) is 0.520. The first-order valence-corrected chi connectivity index (χ1v) is 11.0. The molecule has 152 valence electrons. The summed E-state index contributed by atoms with van der Waals surface area (Å²) in [4.78, 5) is 19.7. The van der Waals surface area contributed by atoms with E-state index in [-0.39, 0.29) is 0 Å². The van der Waals surface area contributed by atoms with Crippen LogP contribution in [0.3, 0.4) is 0 Å².